The fraction of sp³-hybridized carbons (Fsp3) is 0.133. The predicted molar refractivity (Wildman–Crippen MR) is 77.3 cm³/mol. The van der Waals surface area contributed by atoms with Crippen molar-refractivity contribution in [2.75, 3.05) is 5.32 Å². The molecule has 0 amide bonds. The second-order valence-electron chi connectivity index (χ2n) is 4.08. The number of nitriles is 1. The molecule has 2 aromatic rings. The highest BCUT2D eigenvalue weighted by atomic mass is 79.9. The molecule has 18 heavy (non-hydrogen) atoms. The normalized spacial score (nSPS) is 11.6. The van der Waals surface area contributed by atoms with Crippen molar-refractivity contribution in [1.29, 1.82) is 5.26 Å². The maximum atomic E-state index is 9.29. The minimum Gasteiger partial charge on any atom is -0.366 e. The number of nitrogens with one attached hydrogen (secondary N) is 1. The van der Waals surface area contributed by atoms with Gasteiger partial charge in [0.1, 0.15) is 6.04 Å². The van der Waals surface area contributed by atoms with Crippen molar-refractivity contribution in [2.24, 2.45) is 0 Å². The molecule has 0 aliphatic rings. The highest BCUT2D eigenvalue weighted by molar-refractivity contribution is 9.10. The van der Waals surface area contributed by atoms with Crippen LogP contribution < -0.4 is 5.32 Å². The summed E-state index contributed by atoms with van der Waals surface area (Å²) < 4.78 is 0.979. The molecule has 0 radical (unpaired) electrons. The summed E-state index contributed by atoms with van der Waals surface area (Å²) in [4.78, 5) is 0. The number of hydrogen-bond acceptors (Lipinski definition) is 2. The Morgan fingerprint density at radius 2 is 1.94 bits per heavy atom. The minimum absolute atomic E-state index is 0.344. The Kier molecular flexibility index (Phi) is 4.01. The van der Waals surface area contributed by atoms with E-state index in [9.17, 15) is 5.26 Å². The van der Waals surface area contributed by atoms with Gasteiger partial charge in [0.2, 0.25) is 0 Å². The Morgan fingerprint density at radius 3 is 2.61 bits per heavy atom. The number of hydrogen-bond donors (Lipinski definition) is 1. The van der Waals surface area contributed by atoms with Crippen LogP contribution in [0.25, 0.3) is 0 Å². The van der Waals surface area contributed by atoms with Crippen molar-refractivity contribution in [3.05, 3.63) is 64.1 Å². The van der Waals surface area contributed by atoms with Crippen LogP contribution in [-0.4, -0.2) is 0 Å². The lowest BCUT2D eigenvalue weighted by Gasteiger charge is -2.15. The Bertz CT molecular complexity index is 587. The average Bonchev–Trinajstić information content (AvgIpc) is 2.38. The number of aryl methyl sites for hydroxylation is 1. The molecule has 0 aromatic heterocycles. The molecule has 3 heteroatoms. The number of benzene rings is 2. The molecule has 0 bridgehead atoms. The highest BCUT2D eigenvalue weighted by Crippen LogP contribution is 2.23. The molecule has 90 valence electrons. The quantitative estimate of drug-likeness (QED) is 0.910. The molecular formula is C15H13BrN2. The minimum atomic E-state index is -0.344. The molecule has 0 saturated carbocycles. The fourth-order valence-electron chi connectivity index (χ4n) is 1.77. The summed E-state index contributed by atoms with van der Waals surface area (Å²) in [5.41, 5.74) is 3.08. The zero-order valence-corrected chi connectivity index (χ0v) is 11.6. The van der Waals surface area contributed by atoms with Crippen LogP contribution in [-0.2, 0) is 0 Å². The summed E-state index contributed by atoms with van der Waals surface area (Å²) in [6.45, 7) is 2.03. The van der Waals surface area contributed by atoms with E-state index in [2.05, 4.69) is 27.3 Å². The maximum absolute atomic E-state index is 9.29. The van der Waals surface area contributed by atoms with Crippen LogP contribution in [0.15, 0.2) is 53.0 Å². The third-order valence-corrected chi connectivity index (χ3v) is 3.25. The molecule has 1 N–H and O–H groups in total. The first-order valence-corrected chi connectivity index (χ1v) is 6.47. The van der Waals surface area contributed by atoms with Crippen molar-refractivity contribution in [3.63, 3.8) is 0 Å². The molecule has 0 fully saturated rings. The molecular weight excluding hydrogens is 288 g/mol. The van der Waals surface area contributed by atoms with Gasteiger partial charge in [-0.2, -0.15) is 5.26 Å². The SMILES string of the molecule is Cc1ccccc1NC(C#N)c1cccc(Br)c1. The van der Waals surface area contributed by atoms with Crippen LogP contribution in [0.2, 0.25) is 0 Å². The Hall–Kier alpha value is -1.79. The van der Waals surface area contributed by atoms with Crippen molar-refractivity contribution >= 4 is 21.6 Å². The van der Waals surface area contributed by atoms with Crippen LogP contribution in [0, 0.1) is 18.3 Å². The second-order valence-corrected chi connectivity index (χ2v) is 4.99. The molecule has 1 unspecified atom stereocenters. The van der Waals surface area contributed by atoms with Gasteiger partial charge >= 0.3 is 0 Å². The van der Waals surface area contributed by atoms with Gasteiger partial charge in [0.25, 0.3) is 0 Å². The summed E-state index contributed by atoms with van der Waals surface area (Å²) in [6, 6.07) is 17.7. The van der Waals surface area contributed by atoms with E-state index >= 15 is 0 Å². The first-order chi connectivity index (χ1) is 8.70. The van der Waals surface area contributed by atoms with E-state index in [1.807, 2.05) is 55.5 Å². The molecule has 2 nitrogen and oxygen atoms in total. The molecule has 0 saturated heterocycles. The first kappa shape index (κ1) is 12.7. The molecule has 0 aliphatic heterocycles. The van der Waals surface area contributed by atoms with E-state index in [1.54, 1.807) is 0 Å². The van der Waals surface area contributed by atoms with E-state index in [0.717, 1.165) is 21.3 Å². The van der Waals surface area contributed by atoms with E-state index in [0.29, 0.717) is 0 Å². The van der Waals surface area contributed by atoms with Gasteiger partial charge < -0.3 is 5.32 Å². The molecule has 0 heterocycles. The van der Waals surface area contributed by atoms with Crippen LogP contribution in [0.4, 0.5) is 5.69 Å². The van der Waals surface area contributed by atoms with E-state index < -0.39 is 0 Å². The zero-order valence-electron chi connectivity index (χ0n) is 10.0. The molecule has 2 rings (SSSR count). The lowest BCUT2D eigenvalue weighted by molar-refractivity contribution is 0.992. The third-order valence-electron chi connectivity index (χ3n) is 2.76. The van der Waals surface area contributed by atoms with Gasteiger partial charge in [0, 0.05) is 10.2 Å². The van der Waals surface area contributed by atoms with Gasteiger partial charge in [-0.25, -0.2) is 0 Å². The van der Waals surface area contributed by atoms with Crippen molar-refractivity contribution < 1.29 is 0 Å². The van der Waals surface area contributed by atoms with Crippen molar-refractivity contribution in [2.45, 2.75) is 13.0 Å². The Labute approximate surface area is 115 Å². The van der Waals surface area contributed by atoms with E-state index in [4.69, 9.17) is 0 Å². The summed E-state index contributed by atoms with van der Waals surface area (Å²) in [7, 11) is 0. The molecule has 1 atom stereocenters. The molecule has 0 spiro atoms. The Morgan fingerprint density at radius 1 is 1.17 bits per heavy atom. The summed E-state index contributed by atoms with van der Waals surface area (Å²) >= 11 is 3.42. The topological polar surface area (TPSA) is 35.8 Å². The number of anilines is 1. The lowest BCUT2D eigenvalue weighted by atomic mass is 10.1. The summed E-state index contributed by atoms with van der Waals surface area (Å²) in [5, 5.41) is 12.6. The number of halogens is 1. The third kappa shape index (κ3) is 2.91. The fourth-order valence-corrected chi connectivity index (χ4v) is 2.18. The molecule has 2 aromatic carbocycles. The first-order valence-electron chi connectivity index (χ1n) is 5.68. The number of nitrogens with zero attached hydrogens (tertiary/aromatic N) is 1. The monoisotopic (exact) mass is 300 g/mol. The standard InChI is InChI=1S/C15H13BrN2/c1-11-5-2-3-8-14(11)18-15(10-17)12-6-4-7-13(16)9-12/h2-9,15,18H,1H3. The largest absolute Gasteiger partial charge is 0.366 e. The van der Waals surface area contributed by atoms with Crippen LogP contribution >= 0.6 is 15.9 Å². The van der Waals surface area contributed by atoms with Gasteiger partial charge in [-0.05, 0) is 36.2 Å². The van der Waals surface area contributed by atoms with E-state index in [-0.39, 0.29) is 6.04 Å². The van der Waals surface area contributed by atoms with Crippen molar-refractivity contribution in [3.8, 4) is 6.07 Å². The maximum Gasteiger partial charge on any atom is 0.140 e. The number of rotatable bonds is 3. The van der Waals surface area contributed by atoms with Gasteiger partial charge in [-0.15, -0.1) is 0 Å². The second kappa shape index (κ2) is 5.70. The van der Waals surface area contributed by atoms with Gasteiger partial charge in [-0.3, -0.25) is 0 Å². The van der Waals surface area contributed by atoms with Crippen molar-refractivity contribution in [1.82, 2.24) is 0 Å². The number of para-hydroxylation sites is 1. The van der Waals surface area contributed by atoms with Gasteiger partial charge in [0.15, 0.2) is 0 Å². The predicted octanol–water partition coefficient (Wildman–Crippen LogP) is 4.43. The van der Waals surface area contributed by atoms with Gasteiger partial charge in [-0.1, -0.05) is 46.3 Å². The molecule has 0 aliphatic carbocycles. The van der Waals surface area contributed by atoms with Crippen LogP contribution in [0.3, 0.4) is 0 Å². The summed E-state index contributed by atoms with van der Waals surface area (Å²) in [6.07, 6.45) is 0. The average molecular weight is 301 g/mol. The Balaban J connectivity index is 2.26. The van der Waals surface area contributed by atoms with E-state index in [1.165, 1.54) is 0 Å². The summed E-state index contributed by atoms with van der Waals surface area (Å²) in [5.74, 6) is 0. The van der Waals surface area contributed by atoms with Gasteiger partial charge in [0.05, 0.1) is 6.07 Å². The van der Waals surface area contributed by atoms with Crippen LogP contribution in [0.5, 0.6) is 0 Å². The lowest BCUT2D eigenvalue weighted by Crippen LogP contribution is -2.09. The smallest absolute Gasteiger partial charge is 0.140 e. The van der Waals surface area contributed by atoms with Crippen LogP contribution in [0.1, 0.15) is 17.2 Å². The zero-order chi connectivity index (χ0) is 13.0. The highest BCUT2D eigenvalue weighted by Gasteiger charge is 2.11.